The molecule has 0 spiro atoms. The predicted octanol–water partition coefficient (Wildman–Crippen LogP) is 3.70. The number of hydrogen-bond donors (Lipinski definition) is 1. The molecule has 1 aromatic rings. The van der Waals surface area contributed by atoms with Crippen LogP contribution in [0.3, 0.4) is 0 Å². The van der Waals surface area contributed by atoms with Crippen LogP contribution in [0, 0.1) is 0 Å². The molecule has 0 aromatic heterocycles. The average molecular weight is 243 g/mol. The van der Waals surface area contributed by atoms with Crippen molar-refractivity contribution in [3.8, 4) is 0 Å². The molecule has 2 nitrogen and oxygen atoms in total. The van der Waals surface area contributed by atoms with Gasteiger partial charge >= 0.3 is 0 Å². The molecule has 1 aliphatic rings. The summed E-state index contributed by atoms with van der Waals surface area (Å²) >= 11 is 0. The Morgan fingerprint density at radius 1 is 1.17 bits per heavy atom. The molecule has 1 aromatic carbocycles. The monoisotopic (exact) mass is 243 g/mol. The zero-order chi connectivity index (χ0) is 12.8. The van der Waals surface area contributed by atoms with E-state index >= 15 is 0 Å². The average Bonchev–Trinajstić information content (AvgIpc) is 2.46. The lowest BCUT2D eigenvalue weighted by Crippen LogP contribution is -2.33. The lowest BCUT2D eigenvalue weighted by Gasteiger charge is -2.24. The van der Waals surface area contributed by atoms with Crippen molar-refractivity contribution in [1.29, 1.82) is 0 Å². The second-order valence-electron chi connectivity index (χ2n) is 4.88. The van der Waals surface area contributed by atoms with Gasteiger partial charge in [0.25, 0.3) is 0 Å². The molecule has 1 aliphatic carbocycles. The predicted molar refractivity (Wildman–Crippen MR) is 74.5 cm³/mol. The minimum atomic E-state index is 0.101. The van der Waals surface area contributed by atoms with E-state index in [4.69, 9.17) is 0 Å². The van der Waals surface area contributed by atoms with Gasteiger partial charge in [0.15, 0.2) is 0 Å². The fourth-order valence-corrected chi connectivity index (χ4v) is 2.49. The minimum Gasteiger partial charge on any atom is -0.379 e. The Morgan fingerprint density at radius 2 is 1.83 bits per heavy atom. The highest BCUT2D eigenvalue weighted by Gasteiger charge is 2.17. The van der Waals surface area contributed by atoms with Gasteiger partial charge in [0.2, 0.25) is 5.78 Å². The van der Waals surface area contributed by atoms with Gasteiger partial charge in [0, 0.05) is 11.6 Å². The molecule has 0 unspecified atom stereocenters. The van der Waals surface area contributed by atoms with Gasteiger partial charge in [-0.3, -0.25) is 4.79 Å². The summed E-state index contributed by atoms with van der Waals surface area (Å²) in [6, 6.07) is 9.95. The number of hydrogen-bond acceptors (Lipinski definition) is 2. The summed E-state index contributed by atoms with van der Waals surface area (Å²) in [4.78, 5) is 12.3. The van der Waals surface area contributed by atoms with Crippen LogP contribution in [0.25, 0.3) is 0 Å². The van der Waals surface area contributed by atoms with Gasteiger partial charge in [-0.1, -0.05) is 55.7 Å². The number of allylic oxidation sites excluding steroid dienone is 2. The molecular formula is C16H21NO. The van der Waals surface area contributed by atoms with E-state index in [1.807, 2.05) is 43.3 Å². The molecule has 2 rings (SSSR count). The third-order valence-corrected chi connectivity index (χ3v) is 3.53. The Kier molecular flexibility index (Phi) is 4.57. The van der Waals surface area contributed by atoms with Gasteiger partial charge in [-0.15, -0.1) is 0 Å². The summed E-state index contributed by atoms with van der Waals surface area (Å²) in [6.07, 6.45) is 8.13. The molecule has 18 heavy (non-hydrogen) atoms. The van der Waals surface area contributed by atoms with E-state index in [1.54, 1.807) is 0 Å². The van der Waals surface area contributed by atoms with Gasteiger partial charge in [-0.2, -0.15) is 0 Å². The largest absolute Gasteiger partial charge is 0.379 e. The fourth-order valence-electron chi connectivity index (χ4n) is 2.49. The van der Waals surface area contributed by atoms with Crippen LogP contribution in [-0.4, -0.2) is 11.8 Å². The molecule has 1 N–H and O–H groups in total. The molecule has 0 bridgehead atoms. The highest BCUT2D eigenvalue weighted by Crippen LogP contribution is 2.19. The van der Waals surface area contributed by atoms with Gasteiger partial charge in [-0.25, -0.2) is 0 Å². The maximum Gasteiger partial charge on any atom is 0.208 e. The molecule has 1 fully saturated rings. The molecular weight excluding hydrogens is 222 g/mol. The summed E-state index contributed by atoms with van der Waals surface area (Å²) in [7, 11) is 0. The smallest absolute Gasteiger partial charge is 0.208 e. The van der Waals surface area contributed by atoms with E-state index in [1.165, 1.54) is 32.1 Å². The number of Topliss-reactive ketones (excluding diaryl/α,β-unsaturated/α-hetero) is 1. The first-order chi connectivity index (χ1) is 8.81. The van der Waals surface area contributed by atoms with Crippen LogP contribution < -0.4 is 5.32 Å². The topological polar surface area (TPSA) is 29.1 Å². The van der Waals surface area contributed by atoms with Crippen LogP contribution in [0.5, 0.6) is 0 Å². The molecule has 1 saturated carbocycles. The van der Waals surface area contributed by atoms with Gasteiger partial charge in [0.1, 0.15) is 0 Å². The first-order valence-corrected chi connectivity index (χ1v) is 6.84. The van der Waals surface area contributed by atoms with E-state index in [2.05, 4.69) is 5.32 Å². The molecule has 0 amide bonds. The van der Waals surface area contributed by atoms with Crippen molar-refractivity contribution in [3.63, 3.8) is 0 Å². The zero-order valence-electron chi connectivity index (χ0n) is 11.0. The maximum absolute atomic E-state index is 12.3. The quantitative estimate of drug-likeness (QED) is 0.645. The zero-order valence-corrected chi connectivity index (χ0v) is 11.0. The molecule has 0 radical (unpaired) electrons. The van der Waals surface area contributed by atoms with Crippen LogP contribution in [0.15, 0.2) is 42.1 Å². The summed E-state index contributed by atoms with van der Waals surface area (Å²) in [5, 5.41) is 3.42. The minimum absolute atomic E-state index is 0.101. The van der Waals surface area contributed by atoms with Gasteiger partial charge in [0.05, 0.1) is 5.70 Å². The first-order valence-electron chi connectivity index (χ1n) is 6.84. The van der Waals surface area contributed by atoms with Gasteiger partial charge < -0.3 is 5.32 Å². The number of benzene rings is 1. The van der Waals surface area contributed by atoms with E-state index in [0.29, 0.717) is 6.04 Å². The Hall–Kier alpha value is -1.57. The van der Waals surface area contributed by atoms with Crippen LogP contribution in [0.1, 0.15) is 49.4 Å². The highest BCUT2D eigenvalue weighted by atomic mass is 16.1. The Bertz CT molecular complexity index is 416. The molecule has 96 valence electrons. The normalized spacial score (nSPS) is 17.5. The number of carbonyl (C=O) groups is 1. The van der Waals surface area contributed by atoms with Crippen molar-refractivity contribution in [2.24, 2.45) is 0 Å². The maximum atomic E-state index is 12.3. The SMILES string of the molecule is C/C=C(\NC1CCCCC1)C(=O)c1ccccc1. The Labute approximate surface area is 109 Å². The summed E-state index contributed by atoms with van der Waals surface area (Å²) in [6.45, 7) is 1.92. The number of rotatable bonds is 4. The van der Waals surface area contributed by atoms with Crippen LogP contribution in [0.2, 0.25) is 0 Å². The second kappa shape index (κ2) is 6.39. The molecule has 0 heterocycles. The van der Waals surface area contributed by atoms with E-state index < -0.39 is 0 Å². The lowest BCUT2D eigenvalue weighted by molar-refractivity contribution is 0.102. The standard InChI is InChI=1S/C16H21NO/c1-2-15(17-14-11-7-4-8-12-14)16(18)13-9-5-3-6-10-13/h2-3,5-6,9-10,14,17H,4,7-8,11-12H2,1H3/b15-2-. The van der Waals surface area contributed by atoms with Crippen LogP contribution in [-0.2, 0) is 0 Å². The number of nitrogens with one attached hydrogen (secondary N) is 1. The Morgan fingerprint density at radius 3 is 2.44 bits per heavy atom. The van der Waals surface area contributed by atoms with Crippen molar-refractivity contribution >= 4 is 5.78 Å². The van der Waals surface area contributed by atoms with Crippen molar-refractivity contribution in [1.82, 2.24) is 5.32 Å². The summed E-state index contributed by atoms with van der Waals surface area (Å²) in [5.41, 5.74) is 1.50. The molecule has 2 heteroatoms. The highest BCUT2D eigenvalue weighted by molar-refractivity contribution is 6.08. The third-order valence-electron chi connectivity index (χ3n) is 3.53. The molecule has 0 atom stereocenters. The van der Waals surface area contributed by atoms with Crippen LogP contribution in [0.4, 0.5) is 0 Å². The lowest BCUT2D eigenvalue weighted by atomic mass is 9.95. The Balaban J connectivity index is 2.02. The van der Waals surface area contributed by atoms with Crippen LogP contribution >= 0.6 is 0 Å². The van der Waals surface area contributed by atoms with Crippen molar-refractivity contribution in [2.75, 3.05) is 0 Å². The van der Waals surface area contributed by atoms with Crippen molar-refractivity contribution in [3.05, 3.63) is 47.7 Å². The van der Waals surface area contributed by atoms with Crippen molar-refractivity contribution in [2.45, 2.75) is 45.1 Å². The first kappa shape index (κ1) is 12.9. The van der Waals surface area contributed by atoms with E-state index in [9.17, 15) is 4.79 Å². The fraction of sp³-hybridized carbons (Fsp3) is 0.438. The van der Waals surface area contributed by atoms with E-state index in [-0.39, 0.29) is 5.78 Å². The van der Waals surface area contributed by atoms with Crippen molar-refractivity contribution < 1.29 is 4.79 Å². The van der Waals surface area contributed by atoms with Gasteiger partial charge in [-0.05, 0) is 19.8 Å². The second-order valence-corrected chi connectivity index (χ2v) is 4.88. The summed E-state index contributed by atoms with van der Waals surface area (Å²) < 4.78 is 0. The third kappa shape index (κ3) is 3.22. The molecule has 0 aliphatic heterocycles. The molecule has 0 saturated heterocycles. The summed E-state index contributed by atoms with van der Waals surface area (Å²) in [5.74, 6) is 0.101. The number of carbonyl (C=O) groups excluding carboxylic acids is 1. The number of ketones is 1. The van der Waals surface area contributed by atoms with E-state index in [0.717, 1.165) is 11.3 Å².